The molecule has 1 atom stereocenters. The summed E-state index contributed by atoms with van der Waals surface area (Å²) in [5.41, 5.74) is 2.16. The molecule has 1 unspecified atom stereocenters. The van der Waals surface area contributed by atoms with Crippen molar-refractivity contribution in [2.45, 2.75) is 25.1 Å². The molecule has 0 amide bonds. The number of hydrogen-bond acceptors (Lipinski definition) is 4. The lowest BCUT2D eigenvalue weighted by Gasteiger charge is -2.16. The number of fused-ring (bicyclic) bond motifs is 1. The van der Waals surface area contributed by atoms with Gasteiger partial charge in [0.1, 0.15) is 0 Å². The lowest BCUT2D eigenvalue weighted by atomic mass is 9.99. The van der Waals surface area contributed by atoms with E-state index in [2.05, 4.69) is 32.3 Å². The summed E-state index contributed by atoms with van der Waals surface area (Å²) in [4.78, 5) is 2.23. The molecule has 25 heavy (non-hydrogen) atoms. The van der Waals surface area contributed by atoms with Crippen molar-refractivity contribution in [3.63, 3.8) is 0 Å². The molecule has 1 fully saturated rings. The highest BCUT2D eigenvalue weighted by molar-refractivity contribution is 5.46. The lowest BCUT2D eigenvalue weighted by molar-refractivity contribution is -0.146. The summed E-state index contributed by atoms with van der Waals surface area (Å²) in [6, 6.07) is 12.0. The lowest BCUT2D eigenvalue weighted by Crippen LogP contribution is -2.20. The average molecular weight is 347 g/mol. The van der Waals surface area contributed by atoms with Gasteiger partial charge in [-0.2, -0.15) is 22.8 Å². The van der Waals surface area contributed by atoms with Gasteiger partial charge in [-0.05, 0) is 30.5 Å². The van der Waals surface area contributed by atoms with Crippen molar-refractivity contribution in [2.24, 2.45) is 0 Å². The summed E-state index contributed by atoms with van der Waals surface area (Å²) in [5.74, 6) is -0.643. The molecule has 1 aromatic carbocycles. The van der Waals surface area contributed by atoms with Crippen LogP contribution in [0.4, 0.5) is 13.2 Å². The minimum atomic E-state index is -4.57. The number of aromatic nitrogens is 4. The van der Waals surface area contributed by atoms with Crippen molar-refractivity contribution in [3.05, 3.63) is 59.5 Å². The van der Waals surface area contributed by atoms with Crippen LogP contribution in [0.5, 0.6) is 0 Å². The number of hydrogen-bond donors (Lipinski definition) is 0. The maximum absolute atomic E-state index is 13.0. The van der Waals surface area contributed by atoms with Crippen molar-refractivity contribution in [2.75, 3.05) is 13.1 Å². The van der Waals surface area contributed by atoms with E-state index in [-0.39, 0.29) is 5.65 Å². The summed E-state index contributed by atoms with van der Waals surface area (Å²) in [6.45, 7) is 2.30. The predicted octanol–water partition coefficient (Wildman–Crippen LogP) is 3.13. The number of halogens is 3. The van der Waals surface area contributed by atoms with Gasteiger partial charge in [-0.15, -0.1) is 10.2 Å². The molecule has 5 nitrogen and oxygen atoms in total. The van der Waals surface area contributed by atoms with Crippen LogP contribution < -0.4 is 0 Å². The van der Waals surface area contributed by atoms with Crippen molar-refractivity contribution in [1.29, 1.82) is 0 Å². The summed E-state index contributed by atoms with van der Waals surface area (Å²) in [6.07, 6.45) is -2.17. The molecule has 3 heterocycles. The van der Waals surface area contributed by atoms with Crippen LogP contribution in [0.1, 0.15) is 29.3 Å². The molecular weight excluding hydrogens is 331 g/mol. The van der Waals surface area contributed by atoms with E-state index in [1.807, 2.05) is 18.2 Å². The van der Waals surface area contributed by atoms with Gasteiger partial charge in [0.15, 0.2) is 5.65 Å². The van der Waals surface area contributed by atoms with E-state index < -0.39 is 12.0 Å². The largest absolute Gasteiger partial charge is 0.453 e. The maximum atomic E-state index is 13.0. The Kier molecular flexibility index (Phi) is 3.91. The maximum Gasteiger partial charge on any atom is 0.453 e. The first-order valence-electron chi connectivity index (χ1n) is 8.06. The predicted molar refractivity (Wildman–Crippen MR) is 84.9 cm³/mol. The number of nitrogens with zero attached hydrogens (tertiary/aromatic N) is 5. The van der Waals surface area contributed by atoms with Crippen molar-refractivity contribution >= 4 is 5.65 Å². The molecule has 0 N–H and O–H groups in total. The Morgan fingerprint density at radius 3 is 2.64 bits per heavy atom. The van der Waals surface area contributed by atoms with Crippen LogP contribution in [0.2, 0.25) is 0 Å². The minimum absolute atomic E-state index is 0.165. The first kappa shape index (κ1) is 16.0. The zero-order valence-corrected chi connectivity index (χ0v) is 13.3. The average Bonchev–Trinajstić information content (AvgIpc) is 3.22. The monoisotopic (exact) mass is 347 g/mol. The molecule has 0 spiro atoms. The fraction of sp³-hybridized carbons (Fsp3) is 0.353. The molecule has 1 aliphatic heterocycles. The van der Waals surface area contributed by atoms with E-state index in [1.54, 1.807) is 6.07 Å². The molecule has 1 aliphatic rings. The Morgan fingerprint density at radius 2 is 1.88 bits per heavy atom. The summed E-state index contributed by atoms with van der Waals surface area (Å²) >= 11 is 0. The molecular formula is C17H16F3N5. The van der Waals surface area contributed by atoms with Gasteiger partial charge in [-0.25, -0.2) is 0 Å². The van der Waals surface area contributed by atoms with E-state index >= 15 is 0 Å². The molecule has 0 bridgehead atoms. The fourth-order valence-electron chi connectivity index (χ4n) is 3.37. The van der Waals surface area contributed by atoms with Crippen molar-refractivity contribution in [3.8, 4) is 0 Å². The van der Waals surface area contributed by atoms with Crippen molar-refractivity contribution < 1.29 is 13.2 Å². The second-order valence-electron chi connectivity index (χ2n) is 6.24. The molecule has 0 saturated carbocycles. The molecule has 8 heteroatoms. The van der Waals surface area contributed by atoms with Crippen LogP contribution >= 0.6 is 0 Å². The van der Waals surface area contributed by atoms with Gasteiger partial charge in [0.25, 0.3) is 5.82 Å². The van der Waals surface area contributed by atoms with E-state index in [4.69, 9.17) is 0 Å². The molecule has 0 radical (unpaired) electrons. The second-order valence-corrected chi connectivity index (χ2v) is 6.24. The number of rotatable bonds is 3. The first-order chi connectivity index (χ1) is 12.0. The Hall–Kier alpha value is -2.48. The minimum Gasteiger partial charge on any atom is -0.298 e. The summed E-state index contributed by atoms with van der Waals surface area (Å²) in [7, 11) is 0. The Balaban J connectivity index is 1.55. The Bertz CT molecular complexity index is 875. The van der Waals surface area contributed by atoms with Crippen LogP contribution in [0.25, 0.3) is 5.65 Å². The quantitative estimate of drug-likeness (QED) is 0.730. The zero-order chi connectivity index (χ0) is 17.4. The third-order valence-electron chi connectivity index (χ3n) is 4.58. The summed E-state index contributed by atoms with van der Waals surface area (Å²) < 4.78 is 39.6. The molecule has 0 aliphatic carbocycles. The molecule has 1 saturated heterocycles. The van der Waals surface area contributed by atoms with Gasteiger partial charge >= 0.3 is 6.18 Å². The number of alkyl halides is 3. The zero-order valence-electron chi connectivity index (χ0n) is 13.3. The van der Waals surface area contributed by atoms with E-state index in [1.165, 1.54) is 11.8 Å². The first-order valence-corrected chi connectivity index (χ1v) is 8.06. The van der Waals surface area contributed by atoms with Crippen LogP contribution in [0.3, 0.4) is 0 Å². The number of likely N-dealkylation sites (tertiary alicyclic amines) is 1. The van der Waals surface area contributed by atoms with Gasteiger partial charge in [0.2, 0.25) is 0 Å². The highest BCUT2D eigenvalue weighted by atomic mass is 19.4. The van der Waals surface area contributed by atoms with E-state index in [9.17, 15) is 13.2 Å². The SMILES string of the molecule is FC(F)(F)c1nnc2c(CN3CCC(c4ccccc4)C3)ccnn12. The molecule has 4 rings (SSSR count). The van der Waals surface area contributed by atoms with Gasteiger partial charge < -0.3 is 0 Å². The second kappa shape index (κ2) is 6.11. The molecule has 2 aromatic heterocycles. The molecule has 130 valence electrons. The third kappa shape index (κ3) is 3.09. The number of benzene rings is 1. The van der Waals surface area contributed by atoms with Crippen LogP contribution in [0, 0.1) is 0 Å². The van der Waals surface area contributed by atoms with Crippen molar-refractivity contribution in [1.82, 2.24) is 24.7 Å². The molecule has 3 aromatic rings. The van der Waals surface area contributed by atoms with E-state index in [0.717, 1.165) is 24.0 Å². The van der Waals surface area contributed by atoms with Gasteiger partial charge in [0.05, 0.1) is 0 Å². The van der Waals surface area contributed by atoms with Gasteiger partial charge in [0, 0.05) is 24.8 Å². The smallest absolute Gasteiger partial charge is 0.298 e. The summed E-state index contributed by atoms with van der Waals surface area (Å²) in [5, 5.41) is 10.7. The third-order valence-corrected chi connectivity index (χ3v) is 4.58. The standard InChI is InChI=1S/C17H16F3N5/c18-17(19,20)16-23-22-15-14(6-8-21-25(15)16)11-24-9-7-13(10-24)12-4-2-1-3-5-12/h1-6,8,13H,7,9-11H2. The topological polar surface area (TPSA) is 46.3 Å². The van der Waals surface area contributed by atoms with Crippen LogP contribution in [-0.2, 0) is 12.7 Å². The Morgan fingerprint density at radius 1 is 1.08 bits per heavy atom. The fourth-order valence-corrected chi connectivity index (χ4v) is 3.37. The normalized spacial score (nSPS) is 18.9. The van der Waals surface area contributed by atoms with Gasteiger partial charge in [-0.3, -0.25) is 4.90 Å². The van der Waals surface area contributed by atoms with E-state index in [0.29, 0.717) is 18.0 Å². The Labute approximate surface area is 142 Å². The van der Waals surface area contributed by atoms with Crippen LogP contribution in [0.15, 0.2) is 42.6 Å². The highest BCUT2D eigenvalue weighted by Gasteiger charge is 2.38. The highest BCUT2D eigenvalue weighted by Crippen LogP contribution is 2.30. The van der Waals surface area contributed by atoms with Gasteiger partial charge in [-0.1, -0.05) is 30.3 Å². The van der Waals surface area contributed by atoms with Crippen LogP contribution in [-0.4, -0.2) is 37.8 Å².